The minimum Gasteiger partial charge on any atom is -0.366 e. The summed E-state index contributed by atoms with van der Waals surface area (Å²) >= 11 is 8.47. The summed E-state index contributed by atoms with van der Waals surface area (Å²) in [7, 11) is 0. The van der Waals surface area contributed by atoms with E-state index in [1.165, 1.54) is 28.6 Å². The number of hydrogen-bond acceptors (Lipinski definition) is 5. The zero-order chi connectivity index (χ0) is 23.2. The lowest BCUT2D eigenvalue weighted by Gasteiger charge is -2.50. The van der Waals surface area contributed by atoms with Crippen LogP contribution < -0.4 is 4.90 Å². The highest BCUT2D eigenvalue weighted by atomic mass is 35.5. The molecule has 3 heterocycles. The van der Waals surface area contributed by atoms with Crippen molar-refractivity contribution < 1.29 is 0 Å². The number of anilines is 1. The van der Waals surface area contributed by atoms with E-state index in [1.807, 2.05) is 6.26 Å². The van der Waals surface area contributed by atoms with Crippen molar-refractivity contribution in [2.75, 3.05) is 17.7 Å². The van der Waals surface area contributed by atoms with Crippen LogP contribution in [0, 0.1) is 13.5 Å². The molecule has 0 spiro atoms. The predicted molar refractivity (Wildman–Crippen MR) is 134 cm³/mol. The maximum atomic E-state index is 7.57. The monoisotopic (exact) mass is 470 g/mol. The topological polar surface area (TPSA) is 50.1 Å². The van der Waals surface area contributed by atoms with Gasteiger partial charge in [0.05, 0.1) is 16.5 Å². The van der Waals surface area contributed by atoms with Crippen LogP contribution in [-0.2, 0) is 13.0 Å². The molecule has 0 amide bonds. The Hall–Kier alpha value is -2.04. The molecule has 8 heteroatoms. The molecule has 0 saturated carbocycles. The smallest absolute Gasteiger partial charge is 0.268 e. The summed E-state index contributed by atoms with van der Waals surface area (Å²) in [6.07, 6.45) is 5.99. The van der Waals surface area contributed by atoms with E-state index >= 15 is 0 Å². The molecule has 4 rings (SSSR count). The number of azo groups is 1. The van der Waals surface area contributed by atoms with Crippen LogP contribution in [0.25, 0.3) is 4.85 Å². The molecule has 0 fully saturated rings. The third kappa shape index (κ3) is 3.62. The van der Waals surface area contributed by atoms with Crippen molar-refractivity contribution in [2.45, 2.75) is 83.2 Å². The van der Waals surface area contributed by atoms with Crippen LogP contribution in [0.1, 0.15) is 69.6 Å². The van der Waals surface area contributed by atoms with Gasteiger partial charge in [-0.05, 0) is 75.3 Å². The van der Waals surface area contributed by atoms with Gasteiger partial charge in [-0.2, -0.15) is 4.68 Å². The van der Waals surface area contributed by atoms with Crippen LogP contribution in [0.15, 0.2) is 15.1 Å². The average molecular weight is 471 g/mol. The van der Waals surface area contributed by atoms with Gasteiger partial charge < -0.3 is 9.74 Å². The number of benzene rings is 1. The Morgan fingerprint density at radius 1 is 1.34 bits per heavy atom. The predicted octanol–water partition coefficient (Wildman–Crippen LogP) is 7.98. The van der Waals surface area contributed by atoms with Crippen LogP contribution in [0.2, 0.25) is 5.02 Å². The third-order valence-corrected chi connectivity index (χ3v) is 8.08. The van der Waals surface area contributed by atoms with E-state index in [1.54, 1.807) is 4.68 Å². The van der Waals surface area contributed by atoms with Gasteiger partial charge in [0.15, 0.2) is 0 Å². The Bertz CT molecular complexity index is 1130. The fourth-order valence-electron chi connectivity index (χ4n) is 5.13. The minimum absolute atomic E-state index is 0.135. The second kappa shape index (κ2) is 8.72. The largest absolute Gasteiger partial charge is 0.366 e. The summed E-state index contributed by atoms with van der Waals surface area (Å²) in [4.78, 5) is 7.02. The van der Waals surface area contributed by atoms with Crippen molar-refractivity contribution in [1.82, 2.24) is 9.78 Å². The molecule has 0 aliphatic carbocycles. The summed E-state index contributed by atoms with van der Waals surface area (Å²) < 4.78 is 1.74. The molecule has 2 aliphatic heterocycles. The number of nitrogens with zero attached hydrogens (tertiary/aromatic N) is 6. The van der Waals surface area contributed by atoms with E-state index in [2.05, 4.69) is 59.7 Å². The van der Waals surface area contributed by atoms with Gasteiger partial charge >= 0.3 is 0 Å². The summed E-state index contributed by atoms with van der Waals surface area (Å²) in [5.41, 5.74) is 5.88. The first-order chi connectivity index (χ1) is 15.2. The van der Waals surface area contributed by atoms with Crippen LogP contribution in [0.3, 0.4) is 0 Å². The first kappa shape index (κ1) is 23.1. The molecule has 0 bridgehead atoms. The van der Waals surface area contributed by atoms with Gasteiger partial charge in [-0.1, -0.05) is 37.1 Å². The molecule has 2 aromatic rings. The fraction of sp³-hybridized carbons (Fsp3) is 0.583. The first-order valence-corrected chi connectivity index (χ1v) is 12.9. The van der Waals surface area contributed by atoms with E-state index in [9.17, 15) is 0 Å². The maximum absolute atomic E-state index is 7.57. The van der Waals surface area contributed by atoms with Gasteiger partial charge in [0.2, 0.25) is 5.82 Å². The van der Waals surface area contributed by atoms with Crippen molar-refractivity contribution in [3.05, 3.63) is 33.1 Å². The molecular weight excluding hydrogens is 440 g/mol. The second-order valence-corrected chi connectivity index (χ2v) is 10.6. The Morgan fingerprint density at radius 2 is 2.09 bits per heavy atom. The normalized spacial score (nSPS) is 19.3. The SMILES string of the molecule is [C-]#[N+]c1c(SC)c(N=Nc2c(C)c3c4c(c2Cl)CCC(C)(C)N4CCC3C)nn1CCC. The molecule has 170 valence electrons. The van der Waals surface area contributed by atoms with Gasteiger partial charge in [-0.25, -0.2) is 0 Å². The van der Waals surface area contributed by atoms with E-state index in [4.69, 9.17) is 18.2 Å². The molecular formula is C24H31ClN6S. The Labute approximate surface area is 200 Å². The zero-order valence-corrected chi connectivity index (χ0v) is 21.4. The molecule has 1 aromatic heterocycles. The molecule has 1 aromatic carbocycles. The van der Waals surface area contributed by atoms with Crippen molar-refractivity contribution in [2.24, 2.45) is 10.2 Å². The average Bonchev–Trinajstić information content (AvgIpc) is 3.09. The number of thioether (sulfide) groups is 1. The summed E-state index contributed by atoms with van der Waals surface area (Å²) in [6, 6.07) is 0. The van der Waals surface area contributed by atoms with Crippen molar-refractivity contribution >= 4 is 46.4 Å². The summed E-state index contributed by atoms with van der Waals surface area (Å²) in [5, 5.41) is 14.5. The van der Waals surface area contributed by atoms with Gasteiger partial charge in [0.1, 0.15) is 5.69 Å². The van der Waals surface area contributed by atoms with Gasteiger partial charge in [-0.15, -0.1) is 22.0 Å². The molecule has 0 N–H and O–H groups in total. The van der Waals surface area contributed by atoms with E-state index in [0.717, 1.165) is 48.4 Å². The standard InChI is InChI=1S/C24H31ClN6S/c1-8-12-31-23(26-6)21(32-7)22(29-31)28-27-19-15(3)17-14(2)10-13-30-20(17)16(18(19)25)9-11-24(30,4)5/h14H,8-13H2,1-5,7H3. The van der Waals surface area contributed by atoms with Crippen LogP contribution in [0.5, 0.6) is 0 Å². The molecule has 2 aliphatic rings. The molecule has 0 radical (unpaired) electrons. The van der Waals surface area contributed by atoms with E-state index in [0.29, 0.717) is 29.1 Å². The molecule has 32 heavy (non-hydrogen) atoms. The van der Waals surface area contributed by atoms with Gasteiger partial charge in [0, 0.05) is 17.8 Å². The Morgan fingerprint density at radius 3 is 2.75 bits per heavy atom. The molecule has 0 saturated heterocycles. The highest BCUT2D eigenvalue weighted by Crippen LogP contribution is 2.53. The van der Waals surface area contributed by atoms with Crippen LogP contribution in [-0.4, -0.2) is 28.1 Å². The van der Waals surface area contributed by atoms with Gasteiger partial charge in [0.25, 0.3) is 5.82 Å². The lowest BCUT2D eigenvalue weighted by molar-refractivity contribution is 0.387. The maximum Gasteiger partial charge on any atom is 0.268 e. The number of halogens is 1. The molecule has 1 atom stereocenters. The third-order valence-electron chi connectivity index (χ3n) is 6.90. The van der Waals surface area contributed by atoms with Crippen molar-refractivity contribution in [1.29, 1.82) is 0 Å². The number of aryl methyl sites for hydroxylation is 1. The minimum atomic E-state index is 0.135. The lowest BCUT2D eigenvalue weighted by Crippen LogP contribution is -2.50. The van der Waals surface area contributed by atoms with E-state index < -0.39 is 0 Å². The Balaban J connectivity index is 1.85. The highest BCUT2D eigenvalue weighted by Gasteiger charge is 2.40. The lowest BCUT2D eigenvalue weighted by atomic mass is 9.77. The number of aromatic nitrogens is 2. The van der Waals surface area contributed by atoms with E-state index in [-0.39, 0.29) is 5.54 Å². The van der Waals surface area contributed by atoms with Crippen LogP contribution in [0.4, 0.5) is 23.0 Å². The first-order valence-electron chi connectivity index (χ1n) is 11.3. The summed E-state index contributed by atoms with van der Waals surface area (Å²) in [6.45, 7) is 20.5. The van der Waals surface area contributed by atoms with Crippen molar-refractivity contribution in [3.63, 3.8) is 0 Å². The molecule has 6 nitrogen and oxygen atoms in total. The quantitative estimate of drug-likeness (QED) is 0.253. The van der Waals surface area contributed by atoms with Crippen LogP contribution >= 0.6 is 23.4 Å². The fourth-order valence-corrected chi connectivity index (χ4v) is 6.09. The van der Waals surface area contributed by atoms with Crippen molar-refractivity contribution in [3.8, 4) is 0 Å². The number of hydrogen-bond donors (Lipinski definition) is 0. The van der Waals surface area contributed by atoms with Gasteiger partial charge in [-0.3, -0.25) is 0 Å². The second-order valence-electron chi connectivity index (χ2n) is 9.40. The zero-order valence-electron chi connectivity index (χ0n) is 19.8. The highest BCUT2D eigenvalue weighted by molar-refractivity contribution is 7.99. The number of rotatable bonds is 5. The Kier molecular flexibility index (Phi) is 6.30. The molecule has 1 unspecified atom stereocenters. The summed E-state index contributed by atoms with van der Waals surface area (Å²) in [5.74, 6) is 1.48.